The SMILES string of the molecule is CSc1cc(N(c2ccccc2)c2ccc(N(c3ccccc3)c3ccc(-c4ccc([N+](C)(c5ccccc5)c5ccc(N(c6ccccc6)c6ccc(S(=O)(=O)O)c(C)c6)cc5)cc4)cc3)cc2)ccc1S(=O)(=O)O. The third-order valence-electron chi connectivity index (χ3n) is 13.5. The van der Waals surface area contributed by atoms with Gasteiger partial charge in [-0.25, -0.2) is 4.48 Å². The summed E-state index contributed by atoms with van der Waals surface area (Å²) >= 11 is 1.26. The normalized spacial score (nSPS) is 12.4. The van der Waals surface area contributed by atoms with E-state index in [9.17, 15) is 25.9 Å². The molecule has 0 saturated carbocycles. The molecule has 2 N–H and O–H groups in total. The largest absolute Gasteiger partial charge is 0.311 e. The number of thioether (sulfide) groups is 1. The van der Waals surface area contributed by atoms with Crippen molar-refractivity contribution in [2.75, 3.05) is 28.0 Å². The first kappa shape index (κ1) is 51.2. The van der Waals surface area contributed by atoms with Crippen LogP contribution in [0.1, 0.15) is 5.56 Å². The van der Waals surface area contributed by atoms with Crippen molar-refractivity contribution in [2.45, 2.75) is 21.6 Å². The van der Waals surface area contributed by atoms with Crippen molar-refractivity contribution in [3.05, 3.63) is 260 Å². The summed E-state index contributed by atoms with van der Waals surface area (Å²) in [5.41, 5.74) is 13.6. The van der Waals surface area contributed by atoms with Gasteiger partial charge in [-0.15, -0.1) is 11.8 Å². The van der Waals surface area contributed by atoms with E-state index in [-0.39, 0.29) is 9.79 Å². The molecule has 10 aromatic rings. The smallest absolute Gasteiger partial charge is 0.295 e. The Morgan fingerprint density at radius 1 is 0.355 bits per heavy atom. The maximum Gasteiger partial charge on any atom is 0.295 e. The predicted molar refractivity (Wildman–Crippen MR) is 312 cm³/mol. The van der Waals surface area contributed by atoms with Crippen LogP contribution < -0.4 is 19.2 Å². The van der Waals surface area contributed by atoms with E-state index in [2.05, 4.69) is 155 Å². The molecule has 76 heavy (non-hydrogen) atoms. The van der Waals surface area contributed by atoms with E-state index in [4.69, 9.17) is 0 Å². The number of hydrogen-bond donors (Lipinski definition) is 2. The lowest BCUT2D eigenvalue weighted by atomic mass is 10.0. The van der Waals surface area contributed by atoms with E-state index in [1.807, 2.05) is 84.9 Å². The third kappa shape index (κ3) is 10.5. The summed E-state index contributed by atoms with van der Waals surface area (Å²) in [6.45, 7) is 1.68. The fraction of sp³-hybridized carbons (Fsp3) is 0.0476. The first-order valence-corrected chi connectivity index (χ1v) is 28.4. The van der Waals surface area contributed by atoms with Crippen molar-refractivity contribution in [1.82, 2.24) is 4.48 Å². The van der Waals surface area contributed by atoms with Gasteiger partial charge in [0.1, 0.15) is 22.0 Å². The zero-order valence-electron chi connectivity index (χ0n) is 41.8. The maximum absolute atomic E-state index is 12.2. The van der Waals surface area contributed by atoms with Crippen LogP contribution in [0.5, 0.6) is 0 Å². The summed E-state index contributed by atoms with van der Waals surface area (Å²) in [5, 5.41) is 0. The molecule has 10 rings (SSSR count). The molecule has 0 aromatic heterocycles. The van der Waals surface area contributed by atoms with Gasteiger partial charge in [0.05, 0.1) is 11.9 Å². The Balaban J connectivity index is 0.952. The average molecular weight is 1060 g/mol. The van der Waals surface area contributed by atoms with Gasteiger partial charge in [0, 0.05) is 80.3 Å². The molecule has 10 aromatic carbocycles. The summed E-state index contributed by atoms with van der Waals surface area (Å²) in [6, 6.07) is 84.2. The molecule has 0 bridgehead atoms. The van der Waals surface area contributed by atoms with Crippen LogP contribution in [0, 0.1) is 6.92 Å². The summed E-state index contributed by atoms with van der Waals surface area (Å²) in [4.78, 5) is 6.52. The lowest BCUT2D eigenvalue weighted by Crippen LogP contribution is -2.33. The van der Waals surface area contributed by atoms with Crippen LogP contribution in [0.3, 0.4) is 0 Å². The van der Waals surface area contributed by atoms with Gasteiger partial charge < -0.3 is 14.7 Å². The van der Waals surface area contributed by atoms with Gasteiger partial charge in [0.15, 0.2) is 0 Å². The molecule has 13 heteroatoms. The summed E-state index contributed by atoms with van der Waals surface area (Å²) in [7, 11) is -6.60. The molecule has 0 spiro atoms. The van der Waals surface area contributed by atoms with Gasteiger partial charge in [-0.05, 0) is 175 Å². The second kappa shape index (κ2) is 21.5. The summed E-state index contributed by atoms with van der Waals surface area (Å²) in [6.07, 6.45) is 1.78. The van der Waals surface area contributed by atoms with E-state index < -0.39 is 20.2 Å². The first-order valence-electron chi connectivity index (χ1n) is 24.3. The highest BCUT2D eigenvalue weighted by atomic mass is 32.2. The lowest BCUT2D eigenvalue weighted by Gasteiger charge is -2.34. The number of quaternary nitrogens is 1. The van der Waals surface area contributed by atoms with E-state index in [1.54, 1.807) is 37.4 Å². The molecular weight excluding hydrogens is 1000 g/mol. The Labute approximate surface area is 449 Å². The number of aryl methyl sites for hydroxylation is 1. The molecule has 0 radical (unpaired) electrons. The minimum atomic E-state index is -4.41. The fourth-order valence-corrected chi connectivity index (χ4v) is 12.1. The molecule has 0 aliphatic carbocycles. The minimum absolute atomic E-state index is 0.125. The number of nitrogens with zero attached hydrogens (tertiary/aromatic N) is 4. The van der Waals surface area contributed by atoms with E-state index in [0.29, 0.717) is 14.9 Å². The fourth-order valence-electron chi connectivity index (χ4n) is 9.72. The Kier molecular flexibility index (Phi) is 14.5. The van der Waals surface area contributed by atoms with Crippen LogP contribution in [0.4, 0.5) is 68.2 Å². The van der Waals surface area contributed by atoms with Crippen LogP contribution in [-0.4, -0.2) is 39.2 Å². The molecule has 378 valence electrons. The van der Waals surface area contributed by atoms with Crippen molar-refractivity contribution in [3.8, 4) is 11.1 Å². The number of rotatable bonds is 16. The molecule has 0 amide bonds. The van der Waals surface area contributed by atoms with Gasteiger partial charge in [0.2, 0.25) is 0 Å². The second-order valence-corrected chi connectivity index (χ2v) is 21.8. The zero-order chi connectivity index (χ0) is 53.0. The minimum Gasteiger partial charge on any atom is -0.311 e. The zero-order valence-corrected chi connectivity index (χ0v) is 44.2. The molecule has 1 unspecified atom stereocenters. The van der Waals surface area contributed by atoms with E-state index in [0.717, 1.165) is 79.4 Å². The highest BCUT2D eigenvalue weighted by molar-refractivity contribution is 7.99. The van der Waals surface area contributed by atoms with Gasteiger partial charge >= 0.3 is 0 Å². The maximum atomic E-state index is 12.2. The second-order valence-electron chi connectivity index (χ2n) is 18.2. The van der Waals surface area contributed by atoms with Gasteiger partial charge in [-0.3, -0.25) is 9.11 Å². The van der Waals surface area contributed by atoms with Gasteiger partial charge in [0.25, 0.3) is 20.2 Å². The number of para-hydroxylation sites is 4. The van der Waals surface area contributed by atoms with Crippen LogP contribution in [0.15, 0.2) is 269 Å². The third-order valence-corrected chi connectivity index (χ3v) is 16.4. The van der Waals surface area contributed by atoms with E-state index in [1.165, 1.54) is 23.9 Å². The topological polar surface area (TPSA) is 118 Å². The average Bonchev–Trinajstić information content (AvgIpc) is 3.45. The summed E-state index contributed by atoms with van der Waals surface area (Å²) < 4.78 is 68.8. The van der Waals surface area contributed by atoms with Crippen LogP contribution in [0.25, 0.3) is 11.1 Å². The predicted octanol–water partition coefficient (Wildman–Crippen LogP) is 16.9. The number of anilines is 9. The van der Waals surface area contributed by atoms with Crippen molar-refractivity contribution < 1.29 is 25.9 Å². The molecule has 0 aliphatic rings. The Morgan fingerprint density at radius 3 is 1.04 bits per heavy atom. The van der Waals surface area contributed by atoms with Crippen LogP contribution in [0.2, 0.25) is 0 Å². The van der Waals surface area contributed by atoms with E-state index >= 15 is 0 Å². The Morgan fingerprint density at radius 2 is 0.645 bits per heavy atom. The molecule has 0 saturated heterocycles. The van der Waals surface area contributed by atoms with Crippen molar-refractivity contribution in [3.63, 3.8) is 0 Å². The molecule has 10 nitrogen and oxygen atoms in total. The first-order chi connectivity index (χ1) is 36.7. The standard InChI is InChI=1S/C63H52N4O6S3/c1-46-44-56(36-42-62(46)75(68,69)70)65(50-18-10-5-11-19-50)55-34-40-60(41-35-55)67(2,58-22-14-7-15-23-58)59-38-26-48(27-39-59)47-24-28-52(29-25-47)64(49-16-8-4-9-17-49)53-30-32-54(33-31-53)66(51-20-12-6-13-21-51)57-37-43-63(76(71,72)73)61(45-57)74-3/h4-45H,1-3H3,(H-,68,69,70,71,72,73)/p+1. The molecule has 0 heterocycles. The van der Waals surface area contributed by atoms with Gasteiger partial charge in [-0.1, -0.05) is 84.9 Å². The van der Waals surface area contributed by atoms with Crippen molar-refractivity contribution in [1.29, 1.82) is 0 Å². The molecular formula is C63H53N4O6S3+. The monoisotopic (exact) mass is 1060 g/mol. The summed E-state index contributed by atoms with van der Waals surface area (Å²) in [5.74, 6) is 0. The number of benzene rings is 10. The highest BCUT2D eigenvalue weighted by Crippen LogP contribution is 2.46. The Hall–Kier alpha value is -8.27. The molecule has 0 aliphatic heterocycles. The van der Waals surface area contributed by atoms with Crippen molar-refractivity contribution in [2.24, 2.45) is 0 Å². The quantitative estimate of drug-likeness (QED) is 0.0550. The lowest BCUT2D eigenvalue weighted by molar-refractivity contribution is 0.479. The number of hydrogen-bond acceptors (Lipinski definition) is 8. The highest BCUT2D eigenvalue weighted by Gasteiger charge is 2.32. The van der Waals surface area contributed by atoms with Crippen LogP contribution in [-0.2, 0) is 20.2 Å². The molecule has 0 fully saturated rings. The molecule has 1 atom stereocenters. The van der Waals surface area contributed by atoms with Crippen molar-refractivity contribution >= 4 is 100 Å². The van der Waals surface area contributed by atoms with Gasteiger partial charge in [-0.2, -0.15) is 16.8 Å². The Bertz CT molecular complexity index is 3860. The van der Waals surface area contributed by atoms with Crippen LogP contribution >= 0.6 is 11.8 Å².